The minimum atomic E-state index is -1.59. The van der Waals surface area contributed by atoms with Crippen LogP contribution in [0.2, 0.25) is 0 Å². The first-order valence-corrected chi connectivity index (χ1v) is 5.61. The lowest BCUT2D eigenvalue weighted by molar-refractivity contribution is -0.146. The zero-order valence-corrected chi connectivity index (χ0v) is 10.3. The van der Waals surface area contributed by atoms with E-state index in [-0.39, 0.29) is 17.8 Å². The van der Waals surface area contributed by atoms with Gasteiger partial charge in [-0.3, -0.25) is 4.79 Å². The van der Waals surface area contributed by atoms with Crippen molar-refractivity contribution in [1.82, 2.24) is 0 Å². The monoisotopic (exact) mass is 252 g/mol. The Morgan fingerprint density at radius 2 is 2.06 bits per heavy atom. The second kappa shape index (κ2) is 6.16. The zero-order chi connectivity index (χ0) is 13.7. The van der Waals surface area contributed by atoms with E-state index in [4.69, 9.17) is 9.84 Å². The Bertz CT molecular complexity index is 453. The van der Waals surface area contributed by atoms with Gasteiger partial charge in [0.15, 0.2) is 6.10 Å². The zero-order valence-electron chi connectivity index (χ0n) is 10.3. The maximum absolute atomic E-state index is 11.2. The van der Waals surface area contributed by atoms with Crippen molar-refractivity contribution < 1.29 is 24.5 Å². The Labute approximate surface area is 105 Å². The van der Waals surface area contributed by atoms with E-state index in [0.29, 0.717) is 17.9 Å². The van der Waals surface area contributed by atoms with E-state index in [1.54, 1.807) is 6.07 Å². The third kappa shape index (κ3) is 3.56. The normalized spacial score (nSPS) is 11.9. The first kappa shape index (κ1) is 14.2. The van der Waals surface area contributed by atoms with Gasteiger partial charge in [-0.1, -0.05) is 6.07 Å². The molecule has 2 N–H and O–H groups in total. The average molecular weight is 252 g/mol. The predicted octanol–water partition coefficient (Wildman–Crippen LogP) is 1.33. The number of hydrogen-bond donors (Lipinski definition) is 2. The Kier molecular flexibility index (Phi) is 4.85. The molecule has 18 heavy (non-hydrogen) atoms. The molecule has 0 aromatic heterocycles. The number of carboxylic acid groups (broad SMARTS) is 1. The molecule has 5 nitrogen and oxygen atoms in total. The van der Waals surface area contributed by atoms with Crippen LogP contribution in [-0.2, 0) is 16.0 Å². The highest BCUT2D eigenvalue weighted by Gasteiger charge is 2.18. The summed E-state index contributed by atoms with van der Waals surface area (Å²) in [6, 6.07) is 4.54. The van der Waals surface area contributed by atoms with Crippen LogP contribution < -0.4 is 4.74 Å². The summed E-state index contributed by atoms with van der Waals surface area (Å²) in [6.07, 6.45) is -1.44. The van der Waals surface area contributed by atoms with Gasteiger partial charge in [-0.15, -0.1) is 0 Å². The molecule has 0 amide bonds. The molecule has 0 bridgehead atoms. The van der Waals surface area contributed by atoms with Crippen LogP contribution in [0.1, 0.15) is 31.1 Å². The van der Waals surface area contributed by atoms with E-state index in [9.17, 15) is 14.7 Å². The number of carbonyl (C=O) groups is 2. The van der Waals surface area contributed by atoms with Crippen LogP contribution in [0.3, 0.4) is 0 Å². The van der Waals surface area contributed by atoms with Gasteiger partial charge in [0.2, 0.25) is 0 Å². The van der Waals surface area contributed by atoms with Gasteiger partial charge in [-0.05, 0) is 31.5 Å². The van der Waals surface area contributed by atoms with Crippen molar-refractivity contribution in [3.8, 4) is 5.75 Å². The first-order valence-electron chi connectivity index (χ1n) is 5.61. The third-order valence-corrected chi connectivity index (χ3v) is 2.37. The smallest absolute Gasteiger partial charge is 0.337 e. The highest BCUT2D eigenvalue weighted by Crippen LogP contribution is 2.24. The summed E-state index contributed by atoms with van der Waals surface area (Å²) in [4.78, 5) is 21.8. The molecule has 1 rings (SSSR count). The summed E-state index contributed by atoms with van der Waals surface area (Å²) in [5, 5.41) is 18.2. The van der Waals surface area contributed by atoms with Crippen LogP contribution in [0.15, 0.2) is 18.2 Å². The molecule has 0 aliphatic carbocycles. The van der Waals surface area contributed by atoms with E-state index < -0.39 is 12.1 Å². The van der Waals surface area contributed by atoms with Crippen molar-refractivity contribution in [3.05, 3.63) is 29.3 Å². The van der Waals surface area contributed by atoms with E-state index in [1.165, 1.54) is 19.1 Å². The fourth-order valence-corrected chi connectivity index (χ4v) is 1.61. The number of carboxylic acids is 1. The summed E-state index contributed by atoms with van der Waals surface area (Å²) in [6.45, 7) is 3.71. The molecule has 0 spiro atoms. The van der Waals surface area contributed by atoms with Crippen LogP contribution in [0.25, 0.3) is 0 Å². The summed E-state index contributed by atoms with van der Waals surface area (Å²) >= 11 is 0. The van der Waals surface area contributed by atoms with Crippen molar-refractivity contribution in [2.24, 2.45) is 0 Å². The Hall–Kier alpha value is -1.88. The number of aliphatic hydroxyl groups is 1. The van der Waals surface area contributed by atoms with Gasteiger partial charge in [0.25, 0.3) is 0 Å². The number of aliphatic carboxylic acids is 1. The highest BCUT2D eigenvalue weighted by atomic mass is 16.5. The fraction of sp³-hybridized carbons (Fsp3) is 0.385. The number of benzene rings is 1. The van der Waals surface area contributed by atoms with E-state index in [1.807, 2.05) is 6.92 Å². The van der Waals surface area contributed by atoms with Gasteiger partial charge in [-0.2, -0.15) is 0 Å². The number of ketones is 1. The third-order valence-electron chi connectivity index (χ3n) is 2.37. The molecule has 0 radical (unpaired) electrons. The topological polar surface area (TPSA) is 83.8 Å². The lowest BCUT2D eigenvalue weighted by Crippen LogP contribution is -2.11. The molecule has 98 valence electrons. The summed E-state index contributed by atoms with van der Waals surface area (Å²) in [7, 11) is 0. The Balaban J connectivity index is 3.11. The summed E-state index contributed by atoms with van der Waals surface area (Å²) in [5.74, 6) is -0.847. The molecule has 0 aliphatic rings. The van der Waals surface area contributed by atoms with Crippen molar-refractivity contribution in [3.63, 3.8) is 0 Å². The predicted molar refractivity (Wildman–Crippen MR) is 64.6 cm³/mol. The molecule has 1 aromatic rings. The minimum Gasteiger partial charge on any atom is -0.494 e. The second-order valence-electron chi connectivity index (χ2n) is 3.92. The van der Waals surface area contributed by atoms with E-state index in [2.05, 4.69) is 0 Å². The Morgan fingerprint density at radius 1 is 1.39 bits per heavy atom. The standard InChI is InChI=1S/C13H16O5/c1-3-18-11-5-4-9(12(15)13(16)17)7-10(11)6-8(2)14/h4-5,7,12,15H,3,6H2,1-2H3,(H,16,17). The molecule has 1 unspecified atom stereocenters. The van der Waals surface area contributed by atoms with Crippen LogP contribution in [0.4, 0.5) is 0 Å². The SMILES string of the molecule is CCOc1ccc(C(O)C(=O)O)cc1CC(C)=O. The van der Waals surface area contributed by atoms with Crippen LogP contribution in [-0.4, -0.2) is 28.6 Å². The van der Waals surface area contributed by atoms with Crippen molar-refractivity contribution in [2.75, 3.05) is 6.61 Å². The number of hydrogen-bond acceptors (Lipinski definition) is 4. The maximum atomic E-state index is 11.2. The van der Waals surface area contributed by atoms with Gasteiger partial charge in [0.1, 0.15) is 11.5 Å². The lowest BCUT2D eigenvalue weighted by atomic mass is 10.0. The van der Waals surface area contributed by atoms with Gasteiger partial charge in [0, 0.05) is 12.0 Å². The largest absolute Gasteiger partial charge is 0.494 e. The minimum absolute atomic E-state index is 0.0575. The van der Waals surface area contributed by atoms with E-state index in [0.717, 1.165) is 0 Å². The quantitative estimate of drug-likeness (QED) is 0.798. The molecular formula is C13H16O5. The van der Waals surface area contributed by atoms with Crippen LogP contribution >= 0.6 is 0 Å². The van der Waals surface area contributed by atoms with Crippen molar-refractivity contribution in [2.45, 2.75) is 26.4 Å². The van der Waals surface area contributed by atoms with Crippen LogP contribution in [0.5, 0.6) is 5.75 Å². The van der Waals surface area contributed by atoms with Gasteiger partial charge >= 0.3 is 5.97 Å². The molecule has 0 saturated carbocycles. The number of ether oxygens (including phenoxy) is 1. The number of aliphatic hydroxyl groups excluding tert-OH is 1. The molecule has 5 heteroatoms. The van der Waals surface area contributed by atoms with Crippen molar-refractivity contribution >= 4 is 11.8 Å². The fourth-order valence-electron chi connectivity index (χ4n) is 1.61. The second-order valence-corrected chi connectivity index (χ2v) is 3.92. The lowest BCUT2D eigenvalue weighted by Gasteiger charge is -2.12. The Morgan fingerprint density at radius 3 is 2.56 bits per heavy atom. The number of Topliss-reactive ketones (excluding diaryl/α,β-unsaturated/α-hetero) is 1. The van der Waals surface area contributed by atoms with Crippen LogP contribution in [0, 0.1) is 0 Å². The number of rotatable bonds is 6. The van der Waals surface area contributed by atoms with Gasteiger partial charge in [0.05, 0.1) is 6.61 Å². The molecule has 0 aliphatic heterocycles. The first-order chi connectivity index (χ1) is 8.45. The van der Waals surface area contributed by atoms with Gasteiger partial charge in [-0.25, -0.2) is 4.79 Å². The number of carbonyl (C=O) groups excluding carboxylic acids is 1. The molecule has 0 fully saturated rings. The molecule has 0 saturated heterocycles. The highest BCUT2D eigenvalue weighted by molar-refractivity contribution is 5.79. The molecule has 1 atom stereocenters. The molecule has 0 heterocycles. The molecule has 1 aromatic carbocycles. The van der Waals surface area contributed by atoms with Gasteiger partial charge < -0.3 is 14.9 Å². The molecular weight excluding hydrogens is 236 g/mol. The van der Waals surface area contributed by atoms with E-state index >= 15 is 0 Å². The maximum Gasteiger partial charge on any atom is 0.337 e. The van der Waals surface area contributed by atoms with Crippen molar-refractivity contribution in [1.29, 1.82) is 0 Å². The summed E-state index contributed by atoms with van der Waals surface area (Å²) < 4.78 is 5.35. The summed E-state index contributed by atoms with van der Waals surface area (Å²) in [5.41, 5.74) is 0.823. The average Bonchev–Trinajstić information content (AvgIpc) is 2.30.